The Morgan fingerprint density at radius 1 is 0.875 bits per heavy atom. The third-order valence-electron chi connectivity index (χ3n) is 7.61. The van der Waals surface area contributed by atoms with E-state index in [1.807, 2.05) is 55.5 Å². The number of unbranched alkanes of at least 4 members (excludes halogenated alkanes) is 1. The van der Waals surface area contributed by atoms with Crippen molar-refractivity contribution in [3.8, 4) is 0 Å². The Morgan fingerprint density at radius 2 is 1.48 bits per heavy atom. The van der Waals surface area contributed by atoms with Gasteiger partial charge in [0.15, 0.2) is 0 Å². The lowest BCUT2D eigenvalue weighted by Crippen LogP contribution is -2.41. The molecule has 0 aliphatic heterocycles. The van der Waals surface area contributed by atoms with Crippen LogP contribution in [0.25, 0.3) is 21.5 Å². The number of methoxy groups -OCH3 is 1. The molecule has 0 spiro atoms. The third kappa shape index (κ3) is 7.39. The van der Waals surface area contributed by atoms with E-state index in [1.54, 1.807) is 20.8 Å². The molecule has 7 nitrogen and oxygen atoms in total. The van der Waals surface area contributed by atoms with E-state index < -0.39 is 34.7 Å². The van der Waals surface area contributed by atoms with E-state index in [2.05, 4.69) is 6.07 Å². The molecule has 0 fully saturated rings. The first-order chi connectivity index (χ1) is 19.1. The van der Waals surface area contributed by atoms with Gasteiger partial charge in [-0.3, -0.25) is 14.4 Å². The van der Waals surface area contributed by atoms with Gasteiger partial charge in [-0.1, -0.05) is 55.5 Å². The summed E-state index contributed by atoms with van der Waals surface area (Å²) < 4.78 is 16.5. The molecule has 2 atom stereocenters. The van der Waals surface area contributed by atoms with Crippen molar-refractivity contribution in [2.45, 2.75) is 66.4 Å². The average molecular weight is 551 g/mol. The van der Waals surface area contributed by atoms with Crippen LogP contribution < -0.4 is 0 Å². The van der Waals surface area contributed by atoms with Gasteiger partial charge in [-0.25, -0.2) is 0 Å². The van der Waals surface area contributed by atoms with Gasteiger partial charge in [-0.15, -0.1) is 0 Å². The monoisotopic (exact) mass is 550 g/mol. The van der Waals surface area contributed by atoms with Crippen LogP contribution in [-0.4, -0.2) is 43.3 Å². The van der Waals surface area contributed by atoms with Crippen molar-refractivity contribution < 1.29 is 33.7 Å². The summed E-state index contributed by atoms with van der Waals surface area (Å²) in [4.78, 5) is 39.3. The first kappa shape index (κ1) is 31.1. The van der Waals surface area contributed by atoms with E-state index in [-0.39, 0.29) is 32.7 Å². The maximum absolute atomic E-state index is 13.5. The topological polar surface area (TPSA) is 99.1 Å². The van der Waals surface area contributed by atoms with E-state index in [4.69, 9.17) is 19.3 Å². The number of hydrogen-bond donors (Lipinski definition) is 1. The minimum Gasteiger partial charge on any atom is -0.469 e. The number of fused-ring (bicyclic) bond motifs is 2. The fraction of sp³-hybridized carbons (Fsp3) is 0.485. The molecule has 0 saturated heterocycles. The zero-order valence-corrected chi connectivity index (χ0v) is 24.3. The predicted octanol–water partition coefficient (Wildman–Crippen LogP) is 6.36. The van der Waals surface area contributed by atoms with Gasteiger partial charge >= 0.3 is 17.9 Å². The molecule has 0 aromatic heterocycles. The number of carbonyl (C=O) groups excluding carboxylic acids is 3. The van der Waals surface area contributed by atoms with Crippen LogP contribution in [0.3, 0.4) is 0 Å². The van der Waals surface area contributed by atoms with Gasteiger partial charge in [0.1, 0.15) is 6.61 Å². The maximum Gasteiger partial charge on any atom is 0.311 e. The van der Waals surface area contributed by atoms with Gasteiger partial charge < -0.3 is 19.3 Å². The van der Waals surface area contributed by atoms with Crippen molar-refractivity contribution in [1.82, 2.24) is 0 Å². The summed E-state index contributed by atoms with van der Waals surface area (Å²) in [5, 5.41) is 13.1. The quantitative estimate of drug-likeness (QED) is 0.108. The van der Waals surface area contributed by atoms with Crippen LogP contribution in [0.4, 0.5) is 0 Å². The molecule has 0 heterocycles. The molecule has 0 radical (unpaired) electrons. The van der Waals surface area contributed by atoms with Crippen molar-refractivity contribution in [2.24, 2.45) is 16.7 Å². The highest BCUT2D eigenvalue weighted by Crippen LogP contribution is 2.42. The molecule has 0 bridgehead atoms. The molecular weight excluding hydrogens is 508 g/mol. The van der Waals surface area contributed by atoms with Gasteiger partial charge in [0, 0.05) is 12.2 Å². The standard InChI is InChI=1S/C33H42O7/c1-6-23(29(35)39-18-12-11-17-34)20-33(4,31(37)38-5)22-32(2,3)30(36)40-21-28-26-15-9-7-13-24(26)19-25-14-8-10-16-27(25)28/h7-10,13-16,19,23,34H,6,11-12,17-18,20-22H2,1-5H3. The summed E-state index contributed by atoms with van der Waals surface area (Å²) >= 11 is 0. The highest BCUT2D eigenvalue weighted by atomic mass is 16.5. The van der Waals surface area contributed by atoms with Crippen molar-refractivity contribution in [3.05, 3.63) is 60.2 Å². The van der Waals surface area contributed by atoms with Crippen molar-refractivity contribution in [3.63, 3.8) is 0 Å². The Morgan fingerprint density at radius 3 is 2.02 bits per heavy atom. The van der Waals surface area contributed by atoms with E-state index in [9.17, 15) is 14.4 Å². The highest BCUT2D eigenvalue weighted by molar-refractivity contribution is 6.02. The van der Waals surface area contributed by atoms with Gasteiger partial charge in [0.05, 0.1) is 30.5 Å². The molecular formula is C33H42O7. The molecule has 1 N–H and O–H groups in total. The normalized spacial score (nSPS) is 13.9. The van der Waals surface area contributed by atoms with Crippen LogP contribution in [0.5, 0.6) is 0 Å². The zero-order chi connectivity index (χ0) is 29.3. The largest absolute Gasteiger partial charge is 0.469 e. The number of rotatable bonds is 14. The summed E-state index contributed by atoms with van der Waals surface area (Å²) in [6.45, 7) is 7.45. The summed E-state index contributed by atoms with van der Waals surface area (Å²) in [6, 6.07) is 18.2. The zero-order valence-electron chi connectivity index (χ0n) is 24.3. The second kappa shape index (κ2) is 13.8. The Kier molecular flexibility index (Phi) is 10.7. The minimum absolute atomic E-state index is 0.0388. The first-order valence-corrected chi connectivity index (χ1v) is 14.0. The smallest absolute Gasteiger partial charge is 0.311 e. The molecule has 0 aliphatic rings. The molecule has 3 aromatic rings. The maximum atomic E-state index is 13.5. The molecule has 0 amide bonds. The molecule has 0 aliphatic carbocycles. The van der Waals surface area contributed by atoms with Crippen LogP contribution in [0.2, 0.25) is 0 Å². The molecule has 7 heteroatoms. The Balaban J connectivity index is 1.78. The highest BCUT2D eigenvalue weighted by Gasteiger charge is 2.46. The lowest BCUT2D eigenvalue weighted by atomic mass is 9.69. The molecule has 2 unspecified atom stereocenters. The molecule has 0 saturated carbocycles. The molecule has 40 heavy (non-hydrogen) atoms. The number of carbonyl (C=O) groups is 3. The van der Waals surface area contributed by atoms with E-state index >= 15 is 0 Å². The summed E-state index contributed by atoms with van der Waals surface area (Å²) in [7, 11) is 1.31. The van der Waals surface area contributed by atoms with Gasteiger partial charge in [0.25, 0.3) is 0 Å². The fourth-order valence-electron chi connectivity index (χ4n) is 5.56. The predicted molar refractivity (Wildman–Crippen MR) is 155 cm³/mol. The lowest BCUT2D eigenvalue weighted by molar-refractivity contribution is -0.164. The number of aliphatic hydroxyl groups excluding tert-OH is 1. The van der Waals surface area contributed by atoms with Crippen LogP contribution in [0, 0.1) is 16.7 Å². The molecule has 3 rings (SSSR count). The number of aliphatic hydroxyl groups is 1. The van der Waals surface area contributed by atoms with E-state index in [0.717, 1.165) is 27.1 Å². The van der Waals surface area contributed by atoms with Crippen molar-refractivity contribution >= 4 is 39.5 Å². The van der Waals surface area contributed by atoms with Gasteiger partial charge in [-0.2, -0.15) is 0 Å². The Bertz CT molecular complexity index is 1270. The van der Waals surface area contributed by atoms with Crippen LogP contribution in [0.1, 0.15) is 65.4 Å². The van der Waals surface area contributed by atoms with E-state index in [1.165, 1.54) is 7.11 Å². The SMILES string of the molecule is CCC(CC(C)(CC(C)(C)C(=O)OCc1c2ccccc2cc2ccccc12)C(=O)OC)C(=O)OCCCCO. The second-order valence-corrected chi connectivity index (χ2v) is 11.4. The van der Waals surface area contributed by atoms with Crippen molar-refractivity contribution in [1.29, 1.82) is 0 Å². The number of esters is 3. The molecule has 216 valence electrons. The number of hydrogen-bond acceptors (Lipinski definition) is 7. The Hall–Kier alpha value is -3.45. The summed E-state index contributed by atoms with van der Waals surface area (Å²) in [5.41, 5.74) is -1.22. The number of ether oxygens (including phenoxy) is 3. The Labute approximate surface area is 236 Å². The van der Waals surface area contributed by atoms with Crippen molar-refractivity contribution in [2.75, 3.05) is 20.3 Å². The second-order valence-electron chi connectivity index (χ2n) is 11.4. The van der Waals surface area contributed by atoms with Gasteiger partial charge in [-0.05, 0) is 80.5 Å². The molecule has 3 aromatic carbocycles. The fourth-order valence-corrected chi connectivity index (χ4v) is 5.56. The minimum atomic E-state index is -1.12. The summed E-state index contributed by atoms with van der Waals surface area (Å²) in [5.74, 6) is -1.84. The first-order valence-electron chi connectivity index (χ1n) is 14.0. The third-order valence-corrected chi connectivity index (χ3v) is 7.61. The van der Waals surface area contributed by atoms with Gasteiger partial charge in [0.2, 0.25) is 0 Å². The number of benzene rings is 3. The summed E-state index contributed by atoms with van der Waals surface area (Å²) in [6.07, 6.45) is 1.91. The van der Waals surface area contributed by atoms with Crippen LogP contribution in [-0.2, 0) is 35.2 Å². The average Bonchev–Trinajstić information content (AvgIpc) is 2.95. The lowest BCUT2D eigenvalue weighted by Gasteiger charge is -2.35. The van der Waals surface area contributed by atoms with Crippen LogP contribution >= 0.6 is 0 Å². The van der Waals surface area contributed by atoms with Crippen LogP contribution in [0.15, 0.2) is 54.6 Å². The van der Waals surface area contributed by atoms with E-state index in [0.29, 0.717) is 19.3 Å².